The highest BCUT2D eigenvalue weighted by atomic mass is 35.5. The second-order valence-electron chi connectivity index (χ2n) is 7.11. The summed E-state index contributed by atoms with van der Waals surface area (Å²) in [7, 11) is 0. The lowest BCUT2D eigenvalue weighted by Gasteiger charge is -2.38. The van der Waals surface area contributed by atoms with E-state index in [0.717, 1.165) is 34.6 Å². The number of para-hydroxylation sites is 1. The first-order valence-electron chi connectivity index (χ1n) is 9.50. The van der Waals surface area contributed by atoms with Gasteiger partial charge in [0.05, 0.1) is 11.8 Å². The molecule has 0 saturated heterocycles. The van der Waals surface area contributed by atoms with Gasteiger partial charge in [0.25, 0.3) is 0 Å². The number of alkyl halides is 2. The van der Waals surface area contributed by atoms with E-state index in [2.05, 4.69) is 4.74 Å². The zero-order valence-electron chi connectivity index (χ0n) is 15.7. The zero-order valence-corrected chi connectivity index (χ0v) is 16.5. The van der Waals surface area contributed by atoms with E-state index in [4.69, 9.17) is 21.4 Å². The Morgan fingerprint density at radius 3 is 2.47 bits per heavy atom. The fourth-order valence-corrected chi connectivity index (χ4v) is 4.01. The minimum atomic E-state index is -2.86. The highest BCUT2D eigenvalue weighted by Gasteiger charge is 2.40. The van der Waals surface area contributed by atoms with Crippen LogP contribution in [0.15, 0.2) is 77.9 Å². The Morgan fingerprint density at radius 2 is 1.73 bits per heavy atom. The summed E-state index contributed by atoms with van der Waals surface area (Å²) >= 11 is 6.03. The summed E-state index contributed by atoms with van der Waals surface area (Å²) in [4.78, 5) is 0. The van der Waals surface area contributed by atoms with E-state index < -0.39 is 12.8 Å². The van der Waals surface area contributed by atoms with E-state index in [1.807, 2.05) is 53.5 Å². The van der Waals surface area contributed by atoms with Crippen molar-refractivity contribution in [2.24, 2.45) is 5.10 Å². The van der Waals surface area contributed by atoms with E-state index >= 15 is 0 Å². The van der Waals surface area contributed by atoms with Crippen molar-refractivity contribution in [1.82, 2.24) is 5.01 Å². The second-order valence-corrected chi connectivity index (χ2v) is 7.55. The third-order valence-electron chi connectivity index (χ3n) is 5.27. The molecule has 0 unspecified atom stereocenters. The van der Waals surface area contributed by atoms with E-state index in [-0.39, 0.29) is 11.8 Å². The van der Waals surface area contributed by atoms with Crippen molar-refractivity contribution in [3.05, 3.63) is 94.5 Å². The van der Waals surface area contributed by atoms with Crippen LogP contribution in [0, 0.1) is 0 Å². The first-order valence-corrected chi connectivity index (χ1v) is 9.88. The van der Waals surface area contributed by atoms with Gasteiger partial charge in [-0.1, -0.05) is 41.9 Å². The molecule has 152 valence electrons. The van der Waals surface area contributed by atoms with Crippen LogP contribution in [0.25, 0.3) is 0 Å². The van der Waals surface area contributed by atoms with Crippen LogP contribution in [0.1, 0.15) is 35.4 Å². The Morgan fingerprint density at radius 1 is 1.00 bits per heavy atom. The van der Waals surface area contributed by atoms with Crippen LogP contribution in [-0.2, 0) is 0 Å². The number of halogens is 3. The van der Waals surface area contributed by atoms with E-state index in [1.165, 1.54) is 12.1 Å². The molecule has 2 heterocycles. The molecule has 3 aromatic rings. The number of rotatable bonds is 4. The van der Waals surface area contributed by atoms with Gasteiger partial charge in [-0.15, -0.1) is 0 Å². The molecule has 0 spiro atoms. The number of hydrogen-bond acceptors (Lipinski definition) is 4. The molecule has 5 rings (SSSR count). The van der Waals surface area contributed by atoms with Crippen LogP contribution in [0.3, 0.4) is 0 Å². The monoisotopic (exact) mass is 426 g/mol. The Hall–Kier alpha value is -3.12. The van der Waals surface area contributed by atoms with Crippen molar-refractivity contribution in [3.63, 3.8) is 0 Å². The van der Waals surface area contributed by atoms with Crippen molar-refractivity contribution in [2.45, 2.75) is 25.3 Å². The number of hydrazone groups is 1. The molecule has 0 fully saturated rings. The third kappa shape index (κ3) is 3.48. The molecule has 0 aliphatic carbocycles. The lowest BCUT2D eigenvalue weighted by Crippen LogP contribution is -2.33. The third-order valence-corrected chi connectivity index (χ3v) is 5.52. The van der Waals surface area contributed by atoms with Gasteiger partial charge in [-0.05, 0) is 48.0 Å². The van der Waals surface area contributed by atoms with Gasteiger partial charge in [0.2, 0.25) is 6.23 Å². The quantitative estimate of drug-likeness (QED) is 0.499. The van der Waals surface area contributed by atoms with Crippen molar-refractivity contribution in [2.75, 3.05) is 0 Å². The van der Waals surface area contributed by atoms with Crippen molar-refractivity contribution < 1.29 is 18.3 Å². The van der Waals surface area contributed by atoms with Crippen molar-refractivity contribution >= 4 is 17.3 Å². The molecule has 2 aliphatic rings. The molecule has 30 heavy (non-hydrogen) atoms. The SMILES string of the molecule is FC(F)Oc1ccc([C@H]2Oc3ccccc3[C@@H]3CC(c4ccc(Cl)cc4)=NN23)cc1. The summed E-state index contributed by atoms with van der Waals surface area (Å²) in [5, 5.41) is 7.48. The molecule has 0 saturated carbocycles. The standard InChI is InChI=1S/C23H17ClF2N2O2/c24-16-9-5-14(6-10-16)19-13-20-18-3-1-2-4-21(18)30-22(28(20)27-19)15-7-11-17(12-8-15)29-23(25)26/h1-12,20,22-23H,13H2/t20-,22+/m0/s1. The topological polar surface area (TPSA) is 34.1 Å². The van der Waals surface area contributed by atoms with Gasteiger partial charge < -0.3 is 9.47 Å². The summed E-state index contributed by atoms with van der Waals surface area (Å²) in [6.07, 6.45) is 0.251. The summed E-state index contributed by atoms with van der Waals surface area (Å²) in [6, 6.07) is 22.0. The average molecular weight is 427 g/mol. The number of fused-ring (bicyclic) bond motifs is 3. The van der Waals surface area contributed by atoms with Crippen LogP contribution >= 0.6 is 11.6 Å². The normalized spacial score (nSPS) is 19.7. The van der Waals surface area contributed by atoms with Crippen LogP contribution in [0.4, 0.5) is 8.78 Å². The fraction of sp³-hybridized carbons (Fsp3) is 0.174. The molecule has 3 aromatic carbocycles. The molecule has 4 nitrogen and oxygen atoms in total. The van der Waals surface area contributed by atoms with E-state index in [0.29, 0.717) is 5.02 Å². The first kappa shape index (κ1) is 18.9. The zero-order chi connectivity index (χ0) is 20.7. The summed E-state index contributed by atoms with van der Waals surface area (Å²) in [5.74, 6) is 0.900. The predicted molar refractivity (Wildman–Crippen MR) is 110 cm³/mol. The molecular weight excluding hydrogens is 410 g/mol. The fourth-order valence-electron chi connectivity index (χ4n) is 3.88. The van der Waals surface area contributed by atoms with Crippen LogP contribution in [0.2, 0.25) is 5.02 Å². The Labute approximate surface area is 177 Å². The van der Waals surface area contributed by atoms with Crippen LogP contribution < -0.4 is 9.47 Å². The second kappa shape index (κ2) is 7.61. The Bertz CT molecular complexity index is 1090. The van der Waals surface area contributed by atoms with Gasteiger partial charge >= 0.3 is 6.61 Å². The predicted octanol–water partition coefficient (Wildman–Crippen LogP) is 6.18. The summed E-state index contributed by atoms with van der Waals surface area (Å²) < 4.78 is 35.7. The van der Waals surface area contributed by atoms with Crippen LogP contribution in [0.5, 0.6) is 11.5 Å². The molecule has 0 aromatic heterocycles. The largest absolute Gasteiger partial charge is 0.464 e. The summed E-state index contributed by atoms with van der Waals surface area (Å²) in [5.41, 5.74) is 3.82. The molecule has 0 radical (unpaired) electrons. The molecule has 2 atom stereocenters. The van der Waals surface area contributed by atoms with Crippen LogP contribution in [-0.4, -0.2) is 17.3 Å². The molecule has 0 N–H and O–H groups in total. The number of benzene rings is 3. The lowest BCUT2D eigenvalue weighted by atomic mass is 9.96. The highest BCUT2D eigenvalue weighted by molar-refractivity contribution is 6.30. The van der Waals surface area contributed by atoms with E-state index in [9.17, 15) is 8.78 Å². The minimum Gasteiger partial charge on any atom is -0.464 e. The maximum atomic E-state index is 12.5. The molecule has 0 amide bonds. The number of ether oxygens (including phenoxy) is 2. The van der Waals surface area contributed by atoms with Gasteiger partial charge in [-0.3, -0.25) is 0 Å². The van der Waals surface area contributed by atoms with Gasteiger partial charge in [0.15, 0.2) is 0 Å². The minimum absolute atomic E-state index is 0.0163. The Kier molecular flexibility index (Phi) is 4.79. The molecule has 7 heteroatoms. The van der Waals surface area contributed by atoms with Crippen molar-refractivity contribution in [3.8, 4) is 11.5 Å². The maximum absolute atomic E-state index is 12.5. The number of nitrogens with zero attached hydrogens (tertiary/aromatic N) is 2. The molecule has 2 aliphatic heterocycles. The van der Waals surface area contributed by atoms with Gasteiger partial charge in [0, 0.05) is 22.6 Å². The molecule has 0 bridgehead atoms. The number of hydrogen-bond donors (Lipinski definition) is 0. The van der Waals surface area contributed by atoms with Gasteiger partial charge in [-0.2, -0.15) is 13.9 Å². The smallest absolute Gasteiger partial charge is 0.387 e. The maximum Gasteiger partial charge on any atom is 0.387 e. The Balaban J connectivity index is 1.51. The first-order chi connectivity index (χ1) is 14.6. The lowest BCUT2D eigenvalue weighted by molar-refractivity contribution is -0.0499. The average Bonchev–Trinajstić information content (AvgIpc) is 3.20. The van der Waals surface area contributed by atoms with E-state index in [1.54, 1.807) is 12.1 Å². The van der Waals surface area contributed by atoms with Crippen molar-refractivity contribution in [1.29, 1.82) is 0 Å². The van der Waals surface area contributed by atoms with Gasteiger partial charge in [0.1, 0.15) is 11.5 Å². The molecular formula is C23H17ClF2N2O2. The summed E-state index contributed by atoms with van der Waals surface area (Å²) in [6.45, 7) is -2.86. The van der Waals surface area contributed by atoms with Gasteiger partial charge in [-0.25, -0.2) is 5.01 Å². The highest BCUT2D eigenvalue weighted by Crippen LogP contribution is 2.47.